The van der Waals surface area contributed by atoms with Crippen LogP contribution in [0, 0.1) is 5.41 Å². The third-order valence-electron chi connectivity index (χ3n) is 4.14. The van der Waals surface area contributed by atoms with E-state index in [-0.39, 0.29) is 28.9 Å². The van der Waals surface area contributed by atoms with Crippen LogP contribution in [0.2, 0.25) is 0 Å². The first-order valence-electron chi connectivity index (χ1n) is 6.42. The van der Waals surface area contributed by atoms with Gasteiger partial charge in [-0.1, -0.05) is 13.8 Å². The first kappa shape index (κ1) is 15.0. The Labute approximate surface area is 116 Å². The van der Waals surface area contributed by atoms with Crippen LogP contribution in [-0.2, 0) is 10.9 Å². The number of nitrogens with two attached hydrogens (primary N) is 1. The molecule has 1 aliphatic carbocycles. The molecule has 0 spiro atoms. The Balaban J connectivity index is 2.23. The van der Waals surface area contributed by atoms with Crippen molar-refractivity contribution in [3.63, 3.8) is 0 Å². The Morgan fingerprint density at radius 1 is 1.35 bits per heavy atom. The van der Waals surface area contributed by atoms with Crippen molar-refractivity contribution in [1.82, 2.24) is 0 Å². The molecule has 0 aromatic heterocycles. The minimum Gasteiger partial charge on any atom is -0.399 e. The van der Waals surface area contributed by atoms with Crippen molar-refractivity contribution in [2.45, 2.75) is 38.6 Å². The highest BCUT2D eigenvalue weighted by Crippen LogP contribution is 2.45. The third-order valence-corrected chi connectivity index (χ3v) is 4.14. The van der Waals surface area contributed by atoms with Crippen molar-refractivity contribution >= 4 is 11.4 Å². The Morgan fingerprint density at radius 3 is 2.50 bits per heavy atom. The summed E-state index contributed by atoms with van der Waals surface area (Å²) in [5, 5.41) is 2.98. The van der Waals surface area contributed by atoms with Crippen LogP contribution in [0.5, 0.6) is 0 Å². The molecule has 1 aliphatic rings. The molecule has 0 aliphatic heterocycles. The molecule has 20 heavy (non-hydrogen) atoms. The van der Waals surface area contributed by atoms with E-state index in [4.69, 9.17) is 10.5 Å². The zero-order valence-electron chi connectivity index (χ0n) is 11.7. The van der Waals surface area contributed by atoms with Crippen molar-refractivity contribution in [1.29, 1.82) is 0 Å². The number of alkyl halides is 3. The number of anilines is 2. The summed E-state index contributed by atoms with van der Waals surface area (Å²) in [7, 11) is 1.62. The topological polar surface area (TPSA) is 47.3 Å². The zero-order valence-corrected chi connectivity index (χ0v) is 11.7. The van der Waals surface area contributed by atoms with Crippen LogP contribution in [0.4, 0.5) is 24.5 Å². The Morgan fingerprint density at radius 2 is 2.00 bits per heavy atom. The number of hydrogen-bond donors (Lipinski definition) is 2. The number of nitrogen functional groups attached to an aromatic ring is 1. The van der Waals surface area contributed by atoms with Gasteiger partial charge in [0, 0.05) is 29.9 Å². The van der Waals surface area contributed by atoms with Gasteiger partial charge in [-0.3, -0.25) is 0 Å². The van der Waals surface area contributed by atoms with E-state index in [1.807, 2.05) is 13.8 Å². The molecule has 6 heteroatoms. The standard InChI is InChI=1S/C14H19F3N2O/c1-13(2)11(7-12(13)20-3)19-10-5-4-8(18)6-9(10)14(15,16)17/h4-6,11-12,19H,7,18H2,1-3H3. The van der Waals surface area contributed by atoms with Crippen molar-refractivity contribution in [2.24, 2.45) is 5.41 Å². The largest absolute Gasteiger partial charge is 0.418 e. The zero-order chi connectivity index (χ0) is 15.1. The van der Waals surface area contributed by atoms with Crippen molar-refractivity contribution in [3.8, 4) is 0 Å². The lowest BCUT2D eigenvalue weighted by molar-refractivity contribution is -0.137. The minimum atomic E-state index is -4.42. The summed E-state index contributed by atoms with van der Waals surface area (Å²) < 4.78 is 44.4. The third kappa shape index (κ3) is 2.57. The molecular formula is C14H19F3N2O. The number of benzene rings is 1. The highest BCUT2D eigenvalue weighted by atomic mass is 19.4. The number of rotatable bonds is 3. The molecule has 112 valence electrons. The van der Waals surface area contributed by atoms with Gasteiger partial charge in [-0.15, -0.1) is 0 Å². The average Bonchev–Trinajstić information content (AvgIpc) is 2.34. The summed E-state index contributed by atoms with van der Waals surface area (Å²) in [6.07, 6.45) is -3.68. The first-order chi connectivity index (χ1) is 9.16. The van der Waals surface area contributed by atoms with Gasteiger partial charge in [0.2, 0.25) is 0 Å². The highest BCUT2D eigenvalue weighted by molar-refractivity contribution is 5.60. The number of methoxy groups -OCH3 is 1. The molecule has 3 nitrogen and oxygen atoms in total. The molecule has 3 N–H and O–H groups in total. The number of nitrogens with one attached hydrogen (secondary N) is 1. The van der Waals surface area contributed by atoms with E-state index in [0.29, 0.717) is 6.42 Å². The molecule has 0 amide bonds. The second-order valence-corrected chi connectivity index (χ2v) is 5.78. The van der Waals surface area contributed by atoms with Crippen LogP contribution in [0.15, 0.2) is 18.2 Å². The molecule has 1 aromatic rings. The lowest BCUT2D eigenvalue weighted by atomic mass is 9.64. The molecule has 0 saturated heterocycles. The van der Waals surface area contributed by atoms with E-state index in [9.17, 15) is 13.2 Å². The van der Waals surface area contributed by atoms with Crippen LogP contribution in [-0.4, -0.2) is 19.3 Å². The van der Waals surface area contributed by atoms with Crippen LogP contribution in [0.1, 0.15) is 25.8 Å². The monoisotopic (exact) mass is 288 g/mol. The quantitative estimate of drug-likeness (QED) is 0.837. The summed E-state index contributed by atoms with van der Waals surface area (Å²) in [5.74, 6) is 0. The van der Waals surface area contributed by atoms with Gasteiger partial charge in [-0.05, 0) is 24.6 Å². The summed E-state index contributed by atoms with van der Waals surface area (Å²) in [4.78, 5) is 0. The number of halogens is 3. The highest BCUT2D eigenvalue weighted by Gasteiger charge is 2.49. The Bertz CT molecular complexity index is 500. The molecule has 2 unspecified atom stereocenters. The molecule has 2 atom stereocenters. The fourth-order valence-corrected chi connectivity index (χ4v) is 2.64. The number of hydrogen-bond acceptors (Lipinski definition) is 3. The summed E-state index contributed by atoms with van der Waals surface area (Å²) in [5.41, 5.74) is 4.68. The second-order valence-electron chi connectivity index (χ2n) is 5.78. The fourth-order valence-electron chi connectivity index (χ4n) is 2.64. The van der Waals surface area contributed by atoms with E-state index in [1.54, 1.807) is 7.11 Å². The lowest BCUT2D eigenvalue weighted by Crippen LogP contribution is -2.57. The maximum Gasteiger partial charge on any atom is 0.418 e. The van der Waals surface area contributed by atoms with Gasteiger partial charge < -0.3 is 15.8 Å². The molecule has 0 radical (unpaired) electrons. The van der Waals surface area contributed by atoms with E-state index < -0.39 is 11.7 Å². The summed E-state index contributed by atoms with van der Waals surface area (Å²) >= 11 is 0. The molecule has 1 aromatic carbocycles. The maximum absolute atomic E-state index is 13.0. The van der Waals surface area contributed by atoms with E-state index in [1.165, 1.54) is 12.1 Å². The van der Waals surface area contributed by atoms with Gasteiger partial charge in [0.25, 0.3) is 0 Å². The van der Waals surface area contributed by atoms with Gasteiger partial charge in [0.1, 0.15) is 0 Å². The van der Waals surface area contributed by atoms with Crippen LogP contribution in [0.25, 0.3) is 0 Å². The van der Waals surface area contributed by atoms with Gasteiger partial charge >= 0.3 is 6.18 Å². The smallest absolute Gasteiger partial charge is 0.399 e. The Hall–Kier alpha value is -1.43. The van der Waals surface area contributed by atoms with Crippen LogP contribution < -0.4 is 11.1 Å². The van der Waals surface area contributed by atoms with Gasteiger partial charge in [-0.2, -0.15) is 13.2 Å². The second kappa shape index (κ2) is 4.84. The SMILES string of the molecule is COC1CC(Nc2ccc(N)cc2C(F)(F)F)C1(C)C. The van der Waals surface area contributed by atoms with Gasteiger partial charge in [0.15, 0.2) is 0 Å². The first-order valence-corrected chi connectivity index (χ1v) is 6.42. The predicted molar refractivity (Wildman–Crippen MR) is 72.5 cm³/mol. The molecule has 1 fully saturated rings. The van der Waals surface area contributed by atoms with Crippen molar-refractivity contribution < 1.29 is 17.9 Å². The maximum atomic E-state index is 13.0. The van der Waals surface area contributed by atoms with Crippen molar-refractivity contribution in [3.05, 3.63) is 23.8 Å². The van der Waals surface area contributed by atoms with Gasteiger partial charge in [0.05, 0.1) is 11.7 Å². The molecule has 0 bridgehead atoms. The van der Waals surface area contributed by atoms with E-state index in [0.717, 1.165) is 6.07 Å². The molecule has 2 rings (SSSR count). The molecular weight excluding hydrogens is 269 g/mol. The van der Waals surface area contributed by atoms with Crippen molar-refractivity contribution in [2.75, 3.05) is 18.2 Å². The van der Waals surface area contributed by atoms with E-state index in [2.05, 4.69) is 5.32 Å². The Kier molecular flexibility index (Phi) is 3.62. The molecule has 0 heterocycles. The van der Waals surface area contributed by atoms with E-state index >= 15 is 0 Å². The predicted octanol–water partition coefficient (Wildman–Crippen LogP) is 3.51. The minimum absolute atomic E-state index is 0.0582. The molecule has 1 saturated carbocycles. The summed E-state index contributed by atoms with van der Waals surface area (Å²) in [6, 6.07) is 3.75. The fraction of sp³-hybridized carbons (Fsp3) is 0.571. The van der Waals surface area contributed by atoms with Gasteiger partial charge in [-0.25, -0.2) is 0 Å². The van der Waals surface area contributed by atoms with Crippen LogP contribution >= 0.6 is 0 Å². The number of ether oxygens (including phenoxy) is 1. The lowest BCUT2D eigenvalue weighted by Gasteiger charge is -2.51. The average molecular weight is 288 g/mol. The van der Waals surface area contributed by atoms with Crippen LogP contribution in [0.3, 0.4) is 0 Å². The summed E-state index contributed by atoms with van der Waals surface area (Å²) in [6.45, 7) is 3.96. The normalized spacial score (nSPS) is 25.1.